The molecule has 6 unspecified atom stereocenters. The van der Waals surface area contributed by atoms with Gasteiger partial charge >= 0.3 is 6.18 Å². The number of hydrogen-bond donors (Lipinski definition) is 1. The molecule has 1 aliphatic carbocycles. The Balaban J connectivity index is 1.90. The first-order chi connectivity index (χ1) is 16.5. The molecule has 1 saturated heterocycles. The van der Waals surface area contributed by atoms with E-state index < -0.39 is 12.1 Å². The number of halogens is 3. The summed E-state index contributed by atoms with van der Waals surface area (Å²) in [5.74, 6) is 2.30. The molecule has 0 bridgehead atoms. The van der Waals surface area contributed by atoms with Gasteiger partial charge in [0.2, 0.25) is 0 Å². The Morgan fingerprint density at radius 3 is 2.31 bits per heavy atom. The van der Waals surface area contributed by atoms with Crippen molar-refractivity contribution in [1.29, 1.82) is 0 Å². The van der Waals surface area contributed by atoms with Crippen LogP contribution >= 0.6 is 0 Å². The van der Waals surface area contributed by atoms with E-state index >= 15 is 0 Å². The third-order valence-corrected chi connectivity index (χ3v) is 9.11. The van der Waals surface area contributed by atoms with Crippen LogP contribution in [-0.4, -0.2) is 30.8 Å². The maximum absolute atomic E-state index is 14.2. The van der Waals surface area contributed by atoms with Crippen LogP contribution in [0.5, 0.6) is 0 Å². The van der Waals surface area contributed by atoms with Crippen LogP contribution in [0.1, 0.15) is 80.1 Å². The molecule has 0 spiro atoms. The van der Waals surface area contributed by atoms with Gasteiger partial charge in [-0.3, -0.25) is 0 Å². The zero-order valence-electron chi connectivity index (χ0n) is 22.5. The van der Waals surface area contributed by atoms with E-state index in [0.717, 1.165) is 30.5 Å². The van der Waals surface area contributed by atoms with Crippen molar-refractivity contribution in [2.45, 2.75) is 86.2 Å². The van der Waals surface area contributed by atoms with Crippen LogP contribution in [0.2, 0.25) is 0 Å². The van der Waals surface area contributed by atoms with E-state index in [4.69, 9.17) is 0 Å². The maximum atomic E-state index is 14.2. The van der Waals surface area contributed by atoms with Crippen molar-refractivity contribution >= 4 is 11.5 Å². The highest BCUT2D eigenvalue weighted by Crippen LogP contribution is 2.49. The van der Waals surface area contributed by atoms with Crippen LogP contribution < -0.4 is 5.32 Å². The molecule has 6 atom stereocenters. The number of hydrogen-bond acceptors (Lipinski definition) is 3. The molecular weight excluding hydrogens is 447 g/mol. The minimum absolute atomic E-state index is 0.0281. The smallest absolute Gasteiger partial charge is 0.317 e. The van der Waals surface area contributed by atoms with Gasteiger partial charge in [0.25, 0.3) is 0 Å². The number of aliphatic imine (C=N–C) groups is 2. The molecular formula is C29H46F3N3. The lowest BCUT2D eigenvalue weighted by Crippen LogP contribution is -2.40. The van der Waals surface area contributed by atoms with Gasteiger partial charge in [-0.2, -0.15) is 13.2 Å². The van der Waals surface area contributed by atoms with Crippen molar-refractivity contribution in [1.82, 2.24) is 5.32 Å². The molecule has 0 aromatic heterocycles. The highest BCUT2D eigenvalue weighted by atomic mass is 19.4. The van der Waals surface area contributed by atoms with Crippen LogP contribution in [0, 0.1) is 47.3 Å². The van der Waals surface area contributed by atoms with Crippen molar-refractivity contribution in [3.8, 4) is 0 Å². The molecule has 3 nitrogen and oxygen atoms in total. The van der Waals surface area contributed by atoms with Gasteiger partial charge in [0.15, 0.2) is 0 Å². The van der Waals surface area contributed by atoms with E-state index in [-0.39, 0.29) is 18.1 Å². The quantitative estimate of drug-likeness (QED) is 0.416. The van der Waals surface area contributed by atoms with Gasteiger partial charge in [-0.05, 0) is 107 Å². The summed E-state index contributed by atoms with van der Waals surface area (Å²) in [6.45, 7) is 14.5. The van der Waals surface area contributed by atoms with Gasteiger partial charge in [0.1, 0.15) is 5.84 Å². The molecule has 2 heterocycles. The fourth-order valence-corrected chi connectivity index (χ4v) is 7.18. The second-order valence-electron chi connectivity index (χ2n) is 11.7. The number of alkyl halides is 3. The number of piperidine rings is 1. The zero-order valence-corrected chi connectivity index (χ0v) is 22.5. The first-order valence-corrected chi connectivity index (χ1v) is 13.7. The van der Waals surface area contributed by atoms with Crippen LogP contribution in [0.25, 0.3) is 0 Å². The molecule has 2 aliphatic heterocycles. The van der Waals surface area contributed by atoms with Gasteiger partial charge < -0.3 is 5.32 Å². The van der Waals surface area contributed by atoms with Gasteiger partial charge in [0.05, 0.1) is 5.92 Å². The molecule has 35 heavy (non-hydrogen) atoms. The number of amidine groups is 1. The Morgan fingerprint density at radius 2 is 1.69 bits per heavy atom. The van der Waals surface area contributed by atoms with E-state index in [1.54, 1.807) is 19.2 Å². The average molecular weight is 494 g/mol. The maximum Gasteiger partial charge on any atom is 0.397 e. The van der Waals surface area contributed by atoms with E-state index in [1.165, 1.54) is 39.0 Å². The highest BCUT2D eigenvalue weighted by Gasteiger charge is 2.45. The summed E-state index contributed by atoms with van der Waals surface area (Å²) in [7, 11) is 0. The first-order valence-electron chi connectivity index (χ1n) is 13.7. The monoisotopic (exact) mass is 493 g/mol. The molecule has 0 aromatic rings. The molecule has 0 aromatic carbocycles. The van der Waals surface area contributed by atoms with E-state index in [9.17, 15) is 13.2 Å². The number of nitrogens with one attached hydrogen (secondary N) is 1. The lowest BCUT2D eigenvalue weighted by atomic mass is 9.59. The fraction of sp³-hybridized carbons (Fsp3) is 0.793. The predicted molar refractivity (Wildman–Crippen MR) is 141 cm³/mol. The Bertz CT molecular complexity index is 818. The molecule has 0 radical (unpaired) electrons. The summed E-state index contributed by atoms with van der Waals surface area (Å²) < 4.78 is 42.5. The SMILES string of the molecule is CC1=N/C=C\C=C(\C(C)C(C(C)C)C2CC(C3CCNCC3)CCC2C)CC(C(F)(F)F)C(C)=N1. The molecule has 198 valence electrons. The summed E-state index contributed by atoms with van der Waals surface area (Å²) in [6.07, 6.45) is 7.29. The lowest BCUT2D eigenvalue weighted by Gasteiger charge is -2.46. The van der Waals surface area contributed by atoms with Crippen molar-refractivity contribution in [2.75, 3.05) is 13.1 Å². The standard InChI is InChI=1S/C29H46F3N3/c1-18(2)28(26-16-25(10-9-19(26)3)23-11-14-33-15-12-23)20(4)24-8-7-13-34-22(6)35-21(5)27(17-24)29(30,31)32/h7-8,13,18-20,23,25-28,33H,9-12,14-17H2,1-6H3/b13-7-,24-8+,34-22?,35-21?. The van der Waals surface area contributed by atoms with Crippen LogP contribution in [0.4, 0.5) is 13.2 Å². The molecule has 3 rings (SSSR count). The fourth-order valence-electron chi connectivity index (χ4n) is 7.18. The predicted octanol–water partition coefficient (Wildman–Crippen LogP) is 7.85. The highest BCUT2D eigenvalue weighted by molar-refractivity contribution is 5.97. The van der Waals surface area contributed by atoms with Crippen molar-refractivity contribution in [2.24, 2.45) is 57.3 Å². The van der Waals surface area contributed by atoms with Crippen LogP contribution in [0.3, 0.4) is 0 Å². The Morgan fingerprint density at radius 1 is 1.00 bits per heavy atom. The van der Waals surface area contributed by atoms with E-state index in [0.29, 0.717) is 29.5 Å². The molecule has 2 fully saturated rings. The van der Waals surface area contributed by atoms with Crippen LogP contribution in [0.15, 0.2) is 33.9 Å². The minimum atomic E-state index is -4.33. The Hall–Kier alpha value is -1.43. The lowest BCUT2D eigenvalue weighted by molar-refractivity contribution is -0.155. The topological polar surface area (TPSA) is 36.8 Å². The first kappa shape index (κ1) is 28.1. The molecule has 0 amide bonds. The molecule has 1 saturated carbocycles. The normalized spacial score (nSPS) is 33.8. The Labute approximate surface area is 210 Å². The average Bonchev–Trinajstić information content (AvgIpc) is 2.79. The number of rotatable bonds is 5. The van der Waals surface area contributed by atoms with E-state index in [2.05, 4.69) is 43.0 Å². The summed E-state index contributed by atoms with van der Waals surface area (Å²) in [5, 5.41) is 3.49. The summed E-state index contributed by atoms with van der Waals surface area (Å²) in [4.78, 5) is 8.41. The van der Waals surface area contributed by atoms with Gasteiger partial charge in [-0.1, -0.05) is 45.8 Å². The molecule has 1 N–H and O–H groups in total. The van der Waals surface area contributed by atoms with Gasteiger partial charge in [0, 0.05) is 11.9 Å². The van der Waals surface area contributed by atoms with E-state index in [1.807, 2.05) is 6.08 Å². The van der Waals surface area contributed by atoms with Gasteiger partial charge in [-0.15, -0.1) is 0 Å². The second kappa shape index (κ2) is 12.2. The van der Waals surface area contributed by atoms with Gasteiger partial charge in [-0.25, -0.2) is 9.98 Å². The molecule has 6 heteroatoms. The van der Waals surface area contributed by atoms with Crippen LogP contribution in [-0.2, 0) is 0 Å². The summed E-state index contributed by atoms with van der Waals surface area (Å²) in [5.41, 5.74) is 0.980. The zero-order chi connectivity index (χ0) is 25.8. The minimum Gasteiger partial charge on any atom is -0.317 e. The third-order valence-electron chi connectivity index (χ3n) is 9.11. The largest absolute Gasteiger partial charge is 0.397 e. The third kappa shape index (κ3) is 7.30. The van der Waals surface area contributed by atoms with Crippen molar-refractivity contribution in [3.63, 3.8) is 0 Å². The summed E-state index contributed by atoms with van der Waals surface area (Å²) in [6, 6.07) is 0. The second-order valence-corrected chi connectivity index (χ2v) is 11.7. The van der Waals surface area contributed by atoms with Crippen molar-refractivity contribution in [3.05, 3.63) is 23.9 Å². The number of nitrogens with zero attached hydrogens (tertiary/aromatic N) is 2. The summed E-state index contributed by atoms with van der Waals surface area (Å²) >= 11 is 0. The number of allylic oxidation sites excluding steroid dienone is 3. The Kier molecular flexibility index (Phi) is 9.82. The van der Waals surface area contributed by atoms with Crippen molar-refractivity contribution < 1.29 is 13.2 Å². The molecule has 3 aliphatic rings.